The molecule has 1 heterocycles. The molecular weight excluding hydrogens is 292 g/mol. The van der Waals surface area contributed by atoms with E-state index in [4.69, 9.17) is 0 Å². The molecule has 3 N–H and O–H groups in total. The first-order chi connectivity index (χ1) is 11.1. The molecule has 0 radical (unpaired) electrons. The Hall–Kier alpha value is -2.56. The van der Waals surface area contributed by atoms with Crippen LogP contribution >= 0.6 is 0 Å². The number of aromatic amines is 1. The van der Waals surface area contributed by atoms with E-state index in [-0.39, 0.29) is 22.6 Å². The summed E-state index contributed by atoms with van der Waals surface area (Å²) in [4.78, 5) is 28.0. The van der Waals surface area contributed by atoms with Gasteiger partial charge in [-0.1, -0.05) is 18.6 Å². The van der Waals surface area contributed by atoms with Gasteiger partial charge in [0.15, 0.2) is 5.43 Å². The molecule has 1 aromatic heterocycles. The number of hydrogen-bond donors (Lipinski definition) is 3. The summed E-state index contributed by atoms with van der Waals surface area (Å²) in [5.74, 6) is -0.186. The topological polar surface area (TPSA) is 82.2 Å². The van der Waals surface area contributed by atoms with E-state index in [0.717, 1.165) is 48.9 Å². The molecule has 1 aromatic carbocycles. The third-order valence-electron chi connectivity index (χ3n) is 4.26. The molecule has 0 spiro atoms. The molecule has 5 heteroatoms. The minimum atomic E-state index is -0.369. The lowest BCUT2D eigenvalue weighted by Crippen LogP contribution is -2.30. The standard InChI is InChI=1S/C18H20N2O3/c21-13-8-6-12(7-9-13)10-20-18(23)15-11-19-16-5-3-1-2-4-14(16)17(15)22/h6-9,11,21H,1-5,10H2,(H,19,22)(H,20,23). The number of aromatic hydroxyl groups is 1. The van der Waals surface area contributed by atoms with E-state index >= 15 is 0 Å². The quantitative estimate of drug-likeness (QED) is 0.760. The minimum Gasteiger partial charge on any atom is -0.508 e. The number of phenolic OH excluding ortho intramolecular Hbond substituents is 1. The first kappa shape index (κ1) is 15.3. The number of phenols is 1. The predicted molar refractivity (Wildman–Crippen MR) is 87.6 cm³/mol. The lowest BCUT2D eigenvalue weighted by atomic mass is 10.1. The zero-order valence-corrected chi connectivity index (χ0v) is 12.9. The van der Waals surface area contributed by atoms with Crippen molar-refractivity contribution in [1.29, 1.82) is 0 Å². The predicted octanol–water partition coefficient (Wildman–Crippen LogP) is 2.28. The smallest absolute Gasteiger partial charge is 0.257 e. The van der Waals surface area contributed by atoms with Crippen molar-refractivity contribution in [3.05, 3.63) is 63.1 Å². The minimum absolute atomic E-state index is 0.149. The zero-order chi connectivity index (χ0) is 16.2. The van der Waals surface area contributed by atoms with Gasteiger partial charge in [-0.05, 0) is 43.4 Å². The van der Waals surface area contributed by atoms with Crippen LogP contribution < -0.4 is 10.7 Å². The Kier molecular flexibility index (Phi) is 4.46. The Morgan fingerprint density at radius 2 is 1.87 bits per heavy atom. The molecule has 0 saturated heterocycles. The number of pyridine rings is 1. The highest BCUT2D eigenvalue weighted by molar-refractivity contribution is 5.94. The summed E-state index contributed by atoms with van der Waals surface area (Å²) in [6.07, 6.45) is 6.33. The molecule has 1 aliphatic rings. The highest BCUT2D eigenvalue weighted by Crippen LogP contribution is 2.16. The van der Waals surface area contributed by atoms with Crippen molar-refractivity contribution in [2.75, 3.05) is 0 Å². The summed E-state index contributed by atoms with van der Waals surface area (Å²) in [5, 5.41) is 12.0. The maximum absolute atomic E-state index is 12.5. The van der Waals surface area contributed by atoms with Gasteiger partial charge >= 0.3 is 0 Å². The van der Waals surface area contributed by atoms with E-state index in [1.54, 1.807) is 24.3 Å². The van der Waals surface area contributed by atoms with Gasteiger partial charge in [0.25, 0.3) is 5.91 Å². The number of fused-ring (bicyclic) bond motifs is 1. The van der Waals surface area contributed by atoms with Gasteiger partial charge in [0, 0.05) is 24.0 Å². The number of rotatable bonds is 3. The molecule has 23 heavy (non-hydrogen) atoms. The fraction of sp³-hybridized carbons (Fsp3) is 0.333. The third kappa shape index (κ3) is 3.44. The van der Waals surface area contributed by atoms with Crippen LogP contribution in [0.2, 0.25) is 0 Å². The molecule has 0 atom stereocenters. The number of carbonyl (C=O) groups excluding carboxylic acids is 1. The van der Waals surface area contributed by atoms with E-state index in [9.17, 15) is 14.7 Å². The van der Waals surface area contributed by atoms with Crippen molar-refractivity contribution in [3.63, 3.8) is 0 Å². The number of aryl methyl sites for hydroxylation is 1. The Morgan fingerprint density at radius 1 is 1.13 bits per heavy atom. The van der Waals surface area contributed by atoms with Gasteiger partial charge in [-0.15, -0.1) is 0 Å². The van der Waals surface area contributed by atoms with Gasteiger partial charge in [0.2, 0.25) is 0 Å². The second-order valence-corrected chi connectivity index (χ2v) is 5.90. The van der Waals surface area contributed by atoms with Crippen molar-refractivity contribution in [2.24, 2.45) is 0 Å². The molecule has 0 unspecified atom stereocenters. The van der Waals surface area contributed by atoms with Gasteiger partial charge in [-0.2, -0.15) is 0 Å². The molecule has 1 aliphatic carbocycles. The van der Waals surface area contributed by atoms with Crippen molar-refractivity contribution in [2.45, 2.75) is 38.6 Å². The van der Waals surface area contributed by atoms with Gasteiger partial charge in [0.05, 0.1) is 0 Å². The first-order valence-electron chi connectivity index (χ1n) is 7.94. The van der Waals surface area contributed by atoms with E-state index in [0.29, 0.717) is 6.54 Å². The molecule has 0 aliphatic heterocycles. The summed E-state index contributed by atoms with van der Waals surface area (Å²) in [6.45, 7) is 0.315. The van der Waals surface area contributed by atoms with E-state index < -0.39 is 0 Å². The SMILES string of the molecule is O=C(NCc1ccc(O)cc1)c1c[nH]c2c(c1=O)CCCCC2. The second kappa shape index (κ2) is 6.69. The van der Waals surface area contributed by atoms with Crippen LogP contribution in [0, 0.1) is 0 Å². The number of nitrogens with one attached hydrogen (secondary N) is 2. The zero-order valence-electron chi connectivity index (χ0n) is 12.9. The summed E-state index contributed by atoms with van der Waals surface area (Å²) in [5.41, 5.74) is 2.62. The monoisotopic (exact) mass is 312 g/mol. The second-order valence-electron chi connectivity index (χ2n) is 5.90. The molecule has 0 bridgehead atoms. The Balaban J connectivity index is 1.76. The number of hydrogen-bond acceptors (Lipinski definition) is 3. The van der Waals surface area contributed by atoms with Crippen LogP contribution in [0.25, 0.3) is 0 Å². The van der Waals surface area contributed by atoms with Crippen molar-refractivity contribution in [1.82, 2.24) is 10.3 Å². The van der Waals surface area contributed by atoms with Gasteiger partial charge < -0.3 is 15.4 Å². The maximum atomic E-state index is 12.5. The van der Waals surface area contributed by atoms with Crippen molar-refractivity contribution < 1.29 is 9.90 Å². The molecule has 0 saturated carbocycles. The highest BCUT2D eigenvalue weighted by Gasteiger charge is 2.18. The van der Waals surface area contributed by atoms with E-state index in [1.807, 2.05) is 0 Å². The van der Waals surface area contributed by atoms with Crippen molar-refractivity contribution in [3.8, 4) is 5.75 Å². The van der Waals surface area contributed by atoms with Crippen LogP contribution in [0.3, 0.4) is 0 Å². The number of benzene rings is 1. The number of H-pyrrole nitrogens is 1. The summed E-state index contributed by atoms with van der Waals surface area (Å²) < 4.78 is 0. The first-order valence-corrected chi connectivity index (χ1v) is 7.94. The summed E-state index contributed by atoms with van der Waals surface area (Å²) in [6, 6.07) is 6.60. The van der Waals surface area contributed by atoms with Crippen LogP contribution in [0.1, 0.15) is 46.4 Å². The molecule has 0 fully saturated rings. The van der Waals surface area contributed by atoms with Crippen LogP contribution in [0.15, 0.2) is 35.3 Å². The van der Waals surface area contributed by atoms with Crippen molar-refractivity contribution >= 4 is 5.91 Å². The summed E-state index contributed by atoms with van der Waals surface area (Å²) in [7, 11) is 0. The number of aromatic nitrogens is 1. The molecular formula is C18H20N2O3. The normalized spacial score (nSPS) is 13.9. The maximum Gasteiger partial charge on any atom is 0.257 e. The molecule has 5 nitrogen and oxygen atoms in total. The number of amides is 1. The van der Waals surface area contributed by atoms with Gasteiger partial charge in [-0.25, -0.2) is 0 Å². The molecule has 2 aromatic rings. The Bertz CT molecular complexity index is 763. The lowest BCUT2D eigenvalue weighted by Gasteiger charge is -2.09. The van der Waals surface area contributed by atoms with Crippen LogP contribution in [0.4, 0.5) is 0 Å². The summed E-state index contributed by atoms with van der Waals surface area (Å²) >= 11 is 0. The molecule has 120 valence electrons. The molecule has 1 amide bonds. The van der Waals surface area contributed by atoms with Gasteiger partial charge in [-0.3, -0.25) is 9.59 Å². The van der Waals surface area contributed by atoms with Crippen LogP contribution in [-0.4, -0.2) is 16.0 Å². The highest BCUT2D eigenvalue weighted by atomic mass is 16.3. The van der Waals surface area contributed by atoms with E-state index in [1.165, 1.54) is 6.20 Å². The average molecular weight is 312 g/mol. The fourth-order valence-electron chi connectivity index (χ4n) is 2.94. The lowest BCUT2D eigenvalue weighted by molar-refractivity contribution is 0.0949. The van der Waals surface area contributed by atoms with E-state index in [2.05, 4.69) is 10.3 Å². The third-order valence-corrected chi connectivity index (χ3v) is 4.26. The van der Waals surface area contributed by atoms with Gasteiger partial charge in [0.1, 0.15) is 11.3 Å². The fourth-order valence-corrected chi connectivity index (χ4v) is 2.94. The Morgan fingerprint density at radius 3 is 2.65 bits per heavy atom. The number of carbonyl (C=O) groups is 1. The Labute approximate surface area is 134 Å². The van der Waals surface area contributed by atoms with Crippen LogP contribution in [-0.2, 0) is 19.4 Å². The average Bonchev–Trinajstić information content (AvgIpc) is 2.80. The largest absolute Gasteiger partial charge is 0.508 e. The van der Waals surface area contributed by atoms with Crippen LogP contribution in [0.5, 0.6) is 5.75 Å². The molecule has 3 rings (SSSR count).